The molecule has 0 saturated carbocycles. The van der Waals surface area contributed by atoms with Gasteiger partial charge in [0, 0.05) is 19.8 Å². The van der Waals surface area contributed by atoms with Gasteiger partial charge in [-0.3, -0.25) is 9.48 Å². The predicted molar refractivity (Wildman–Crippen MR) is 77.4 cm³/mol. The summed E-state index contributed by atoms with van der Waals surface area (Å²) in [6, 6.07) is 9.48. The molecule has 0 bridgehead atoms. The molecule has 1 aliphatic rings. The molecule has 6 heteroatoms. The molecule has 6 nitrogen and oxygen atoms in total. The zero-order valence-electron chi connectivity index (χ0n) is 11.3. The van der Waals surface area contributed by atoms with Gasteiger partial charge in [0.1, 0.15) is 6.04 Å². The van der Waals surface area contributed by atoms with E-state index in [2.05, 4.69) is 21.0 Å². The molecule has 104 valence electrons. The van der Waals surface area contributed by atoms with Crippen molar-refractivity contribution < 1.29 is 4.79 Å². The fraction of sp³-hybridized carbons (Fsp3) is 0.286. The average Bonchev–Trinajstić information content (AvgIpc) is 2.90. The van der Waals surface area contributed by atoms with Crippen molar-refractivity contribution in [1.29, 1.82) is 0 Å². The Labute approximate surface area is 117 Å². The van der Waals surface area contributed by atoms with Crippen LogP contribution in [0.1, 0.15) is 5.69 Å². The standard InChI is InChI=1S/C14H17N5O/c1-19-7-6-10(18-19)8-16-14(20)13-9-15-11-4-2-3-5-12(11)17-13/h2-7,13,15,17H,8-9H2,1H3,(H,16,20). The van der Waals surface area contributed by atoms with Crippen LogP contribution >= 0.6 is 0 Å². The summed E-state index contributed by atoms with van der Waals surface area (Å²) < 4.78 is 1.72. The molecular formula is C14H17N5O. The molecular weight excluding hydrogens is 254 g/mol. The predicted octanol–water partition coefficient (Wildman–Crippen LogP) is 0.942. The summed E-state index contributed by atoms with van der Waals surface area (Å²) in [6.07, 6.45) is 1.86. The Morgan fingerprint density at radius 1 is 1.40 bits per heavy atom. The number of anilines is 2. The number of carbonyl (C=O) groups is 1. The molecule has 0 saturated heterocycles. The molecule has 2 aromatic rings. The van der Waals surface area contributed by atoms with Crippen LogP contribution in [-0.2, 0) is 18.4 Å². The summed E-state index contributed by atoms with van der Waals surface area (Å²) in [5.74, 6) is -0.0299. The lowest BCUT2D eigenvalue weighted by atomic mass is 10.1. The summed E-state index contributed by atoms with van der Waals surface area (Å²) in [7, 11) is 1.86. The van der Waals surface area contributed by atoms with Crippen LogP contribution in [-0.4, -0.2) is 28.3 Å². The van der Waals surface area contributed by atoms with Gasteiger partial charge >= 0.3 is 0 Å². The van der Waals surface area contributed by atoms with Gasteiger partial charge in [-0.2, -0.15) is 5.10 Å². The first-order valence-electron chi connectivity index (χ1n) is 6.58. The monoisotopic (exact) mass is 271 g/mol. The third-order valence-electron chi connectivity index (χ3n) is 3.28. The zero-order valence-corrected chi connectivity index (χ0v) is 11.3. The summed E-state index contributed by atoms with van der Waals surface area (Å²) in [5, 5.41) is 13.6. The second-order valence-electron chi connectivity index (χ2n) is 4.82. The highest BCUT2D eigenvalue weighted by Gasteiger charge is 2.23. The number of aryl methyl sites for hydroxylation is 1. The van der Waals surface area contributed by atoms with Crippen molar-refractivity contribution in [3.05, 3.63) is 42.2 Å². The fourth-order valence-corrected chi connectivity index (χ4v) is 2.23. The van der Waals surface area contributed by atoms with Gasteiger partial charge in [-0.15, -0.1) is 0 Å². The molecule has 1 unspecified atom stereocenters. The molecule has 3 rings (SSSR count). The lowest BCUT2D eigenvalue weighted by Crippen LogP contribution is -2.45. The minimum absolute atomic E-state index is 0.0299. The van der Waals surface area contributed by atoms with Gasteiger partial charge < -0.3 is 16.0 Å². The van der Waals surface area contributed by atoms with Crippen LogP contribution in [0.3, 0.4) is 0 Å². The van der Waals surface area contributed by atoms with E-state index in [0.717, 1.165) is 17.1 Å². The van der Waals surface area contributed by atoms with Gasteiger partial charge in [0.2, 0.25) is 5.91 Å². The maximum atomic E-state index is 12.1. The van der Waals surface area contributed by atoms with E-state index >= 15 is 0 Å². The molecule has 1 aromatic carbocycles. The first-order valence-corrected chi connectivity index (χ1v) is 6.58. The second kappa shape index (κ2) is 5.24. The van der Waals surface area contributed by atoms with Crippen molar-refractivity contribution >= 4 is 17.3 Å². The highest BCUT2D eigenvalue weighted by Crippen LogP contribution is 2.25. The summed E-state index contributed by atoms with van der Waals surface area (Å²) in [6.45, 7) is 1.02. The average molecular weight is 271 g/mol. The maximum Gasteiger partial charge on any atom is 0.244 e. The van der Waals surface area contributed by atoms with Crippen LogP contribution < -0.4 is 16.0 Å². The maximum absolute atomic E-state index is 12.1. The Bertz CT molecular complexity index is 622. The summed E-state index contributed by atoms with van der Waals surface area (Å²) in [5.41, 5.74) is 2.84. The molecule has 1 amide bonds. The van der Waals surface area contributed by atoms with Crippen LogP contribution in [0.15, 0.2) is 36.5 Å². The highest BCUT2D eigenvalue weighted by molar-refractivity contribution is 5.88. The number of rotatable bonds is 3. The Morgan fingerprint density at radius 2 is 2.20 bits per heavy atom. The van der Waals surface area contributed by atoms with E-state index in [1.807, 2.05) is 43.6 Å². The molecule has 1 aromatic heterocycles. The zero-order chi connectivity index (χ0) is 13.9. The van der Waals surface area contributed by atoms with E-state index in [1.54, 1.807) is 4.68 Å². The van der Waals surface area contributed by atoms with Gasteiger partial charge in [0.25, 0.3) is 0 Å². The van der Waals surface area contributed by atoms with Crippen molar-refractivity contribution in [2.45, 2.75) is 12.6 Å². The molecule has 2 heterocycles. The topological polar surface area (TPSA) is 71.0 Å². The SMILES string of the molecule is Cn1ccc(CNC(=O)C2CNc3ccccc3N2)n1. The molecule has 0 radical (unpaired) electrons. The minimum Gasteiger partial charge on any atom is -0.381 e. The second-order valence-corrected chi connectivity index (χ2v) is 4.82. The lowest BCUT2D eigenvalue weighted by molar-refractivity contribution is -0.121. The Balaban J connectivity index is 1.59. The Morgan fingerprint density at radius 3 is 2.95 bits per heavy atom. The third kappa shape index (κ3) is 2.59. The number of nitrogens with zero attached hydrogens (tertiary/aromatic N) is 2. The van der Waals surface area contributed by atoms with Crippen molar-refractivity contribution in [2.75, 3.05) is 17.2 Å². The van der Waals surface area contributed by atoms with E-state index in [9.17, 15) is 4.79 Å². The largest absolute Gasteiger partial charge is 0.381 e. The molecule has 0 fully saturated rings. The smallest absolute Gasteiger partial charge is 0.244 e. The van der Waals surface area contributed by atoms with Crippen molar-refractivity contribution in [1.82, 2.24) is 15.1 Å². The van der Waals surface area contributed by atoms with Crippen molar-refractivity contribution in [2.24, 2.45) is 7.05 Å². The number of amides is 1. The number of aromatic nitrogens is 2. The Hall–Kier alpha value is -2.50. The first kappa shape index (κ1) is 12.5. The number of nitrogens with one attached hydrogen (secondary N) is 3. The molecule has 3 N–H and O–H groups in total. The van der Waals surface area contributed by atoms with Crippen molar-refractivity contribution in [3.8, 4) is 0 Å². The Kier molecular flexibility index (Phi) is 3.28. The van der Waals surface area contributed by atoms with E-state index in [1.165, 1.54) is 0 Å². The number of carbonyl (C=O) groups excluding carboxylic acids is 1. The van der Waals surface area contributed by atoms with Crippen LogP contribution in [0.5, 0.6) is 0 Å². The highest BCUT2D eigenvalue weighted by atomic mass is 16.2. The third-order valence-corrected chi connectivity index (χ3v) is 3.28. The van der Waals surface area contributed by atoms with E-state index in [-0.39, 0.29) is 11.9 Å². The van der Waals surface area contributed by atoms with Gasteiger partial charge in [-0.1, -0.05) is 12.1 Å². The van der Waals surface area contributed by atoms with E-state index in [0.29, 0.717) is 13.1 Å². The number of hydrogen-bond acceptors (Lipinski definition) is 4. The van der Waals surface area contributed by atoms with Crippen LogP contribution in [0.2, 0.25) is 0 Å². The number of fused-ring (bicyclic) bond motifs is 1. The summed E-state index contributed by atoms with van der Waals surface area (Å²) in [4.78, 5) is 12.1. The van der Waals surface area contributed by atoms with Gasteiger partial charge in [-0.25, -0.2) is 0 Å². The van der Waals surface area contributed by atoms with Gasteiger partial charge in [-0.05, 0) is 18.2 Å². The molecule has 1 atom stereocenters. The first-order chi connectivity index (χ1) is 9.72. The normalized spacial score (nSPS) is 16.8. The van der Waals surface area contributed by atoms with E-state index < -0.39 is 0 Å². The minimum atomic E-state index is -0.270. The molecule has 20 heavy (non-hydrogen) atoms. The molecule has 0 spiro atoms. The number of benzene rings is 1. The van der Waals surface area contributed by atoms with Crippen LogP contribution in [0.4, 0.5) is 11.4 Å². The van der Waals surface area contributed by atoms with Gasteiger partial charge in [0.15, 0.2) is 0 Å². The number of para-hydroxylation sites is 2. The fourth-order valence-electron chi connectivity index (χ4n) is 2.23. The van der Waals surface area contributed by atoms with Crippen LogP contribution in [0.25, 0.3) is 0 Å². The number of hydrogen-bond donors (Lipinski definition) is 3. The van der Waals surface area contributed by atoms with Gasteiger partial charge in [0.05, 0.1) is 23.6 Å². The molecule has 1 aliphatic heterocycles. The van der Waals surface area contributed by atoms with E-state index in [4.69, 9.17) is 0 Å². The lowest BCUT2D eigenvalue weighted by Gasteiger charge is -2.27. The summed E-state index contributed by atoms with van der Waals surface area (Å²) >= 11 is 0. The van der Waals surface area contributed by atoms with Crippen molar-refractivity contribution in [3.63, 3.8) is 0 Å². The quantitative estimate of drug-likeness (QED) is 0.777. The van der Waals surface area contributed by atoms with Crippen LogP contribution in [0, 0.1) is 0 Å². The molecule has 0 aliphatic carbocycles.